The molecule has 1 aromatic carbocycles. The van der Waals surface area contributed by atoms with E-state index in [-0.39, 0.29) is 29.3 Å². The number of amides is 2. The number of nitrogens with zero attached hydrogens (tertiary/aromatic N) is 2. The van der Waals surface area contributed by atoms with Crippen LogP contribution in [0.5, 0.6) is 0 Å². The lowest BCUT2D eigenvalue weighted by Gasteiger charge is -2.35. The van der Waals surface area contributed by atoms with Crippen LogP contribution in [0.2, 0.25) is 0 Å². The first-order valence-corrected chi connectivity index (χ1v) is 13.1. The van der Waals surface area contributed by atoms with E-state index in [1.807, 2.05) is 25.1 Å². The molecule has 2 fully saturated rings. The zero-order valence-corrected chi connectivity index (χ0v) is 21.6. The van der Waals surface area contributed by atoms with E-state index in [1.54, 1.807) is 17.3 Å². The van der Waals surface area contributed by atoms with Crippen LogP contribution in [0.4, 0.5) is 5.69 Å². The fraction of sp³-hybridized carbons (Fsp3) is 0.552. The number of pyridine rings is 1. The average molecular weight is 477 g/mol. The molecule has 0 bridgehead atoms. The predicted octanol–water partition coefficient (Wildman–Crippen LogP) is 4.96. The molecule has 2 amide bonds. The topological polar surface area (TPSA) is 74.3 Å². The molecule has 2 aliphatic rings. The Kier molecular flexibility index (Phi) is 7.90. The summed E-state index contributed by atoms with van der Waals surface area (Å²) in [6.45, 7) is 9.30. The molecule has 1 aliphatic heterocycles. The van der Waals surface area contributed by atoms with E-state index in [9.17, 15) is 9.59 Å². The zero-order valence-electron chi connectivity index (χ0n) is 21.6. The first-order chi connectivity index (χ1) is 16.7. The molecule has 0 spiro atoms. The number of nitrogens with one attached hydrogen (secondary N) is 2. The molecule has 1 aromatic heterocycles. The van der Waals surface area contributed by atoms with Crippen molar-refractivity contribution in [1.82, 2.24) is 15.6 Å². The van der Waals surface area contributed by atoms with Gasteiger partial charge in [-0.3, -0.25) is 19.5 Å². The largest absolute Gasteiger partial charge is 0.351 e. The van der Waals surface area contributed by atoms with Gasteiger partial charge in [0.25, 0.3) is 0 Å². The first kappa shape index (κ1) is 25.4. The lowest BCUT2D eigenvalue weighted by molar-refractivity contribution is -0.128. The summed E-state index contributed by atoms with van der Waals surface area (Å²) in [7, 11) is 0. The summed E-state index contributed by atoms with van der Waals surface area (Å²) in [4.78, 5) is 34.0. The number of aromatic nitrogens is 1. The maximum Gasteiger partial charge on any atom is 0.248 e. The fourth-order valence-corrected chi connectivity index (χ4v) is 5.26. The predicted molar refractivity (Wildman–Crippen MR) is 140 cm³/mol. The van der Waals surface area contributed by atoms with Gasteiger partial charge in [0, 0.05) is 29.7 Å². The maximum atomic E-state index is 14.0. The van der Waals surface area contributed by atoms with Crippen LogP contribution in [-0.2, 0) is 15.0 Å². The second kappa shape index (κ2) is 10.9. The smallest absolute Gasteiger partial charge is 0.248 e. The SMILES string of the molecule is Cc1cncc(C(C(=O)NC2CCCCC2)N(C(=O)[C@H]2CCCN2)c2ccc(C(C)(C)C)cc2)c1. The van der Waals surface area contributed by atoms with Gasteiger partial charge in [-0.05, 0) is 67.8 Å². The monoisotopic (exact) mass is 476 g/mol. The molecule has 1 saturated heterocycles. The second-order valence-electron chi connectivity index (χ2n) is 11.2. The van der Waals surface area contributed by atoms with Gasteiger partial charge in [-0.1, -0.05) is 58.2 Å². The number of anilines is 1. The molecule has 2 heterocycles. The van der Waals surface area contributed by atoms with E-state index >= 15 is 0 Å². The molecule has 35 heavy (non-hydrogen) atoms. The van der Waals surface area contributed by atoms with Crippen molar-refractivity contribution < 1.29 is 9.59 Å². The summed E-state index contributed by atoms with van der Waals surface area (Å²) in [5.74, 6) is -0.188. The molecular weight excluding hydrogens is 436 g/mol. The number of hydrogen-bond acceptors (Lipinski definition) is 4. The first-order valence-electron chi connectivity index (χ1n) is 13.1. The van der Waals surface area contributed by atoms with Gasteiger partial charge in [-0.25, -0.2) is 0 Å². The Morgan fingerprint density at radius 3 is 2.34 bits per heavy atom. The minimum atomic E-state index is -0.778. The van der Waals surface area contributed by atoms with Gasteiger partial charge in [0.05, 0.1) is 6.04 Å². The Hall–Kier alpha value is -2.73. The number of carbonyl (C=O) groups is 2. The molecule has 2 aromatic rings. The van der Waals surface area contributed by atoms with Gasteiger partial charge < -0.3 is 10.6 Å². The fourth-order valence-electron chi connectivity index (χ4n) is 5.26. The van der Waals surface area contributed by atoms with Gasteiger partial charge >= 0.3 is 0 Å². The van der Waals surface area contributed by atoms with Gasteiger partial charge in [-0.15, -0.1) is 0 Å². The maximum absolute atomic E-state index is 14.0. The summed E-state index contributed by atoms with van der Waals surface area (Å²) in [6.07, 6.45) is 10.7. The summed E-state index contributed by atoms with van der Waals surface area (Å²) in [5, 5.41) is 6.63. The van der Waals surface area contributed by atoms with Crippen molar-refractivity contribution in [1.29, 1.82) is 0 Å². The van der Waals surface area contributed by atoms with Crippen molar-refractivity contribution in [2.45, 2.75) is 96.2 Å². The van der Waals surface area contributed by atoms with E-state index in [0.717, 1.165) is 61.9 Å². The van der Waals surface area contributed by atoms with Crippen LogP contribution in [0.15, 0.2) is 42.7 Å². The highest BCUT2D eigenvalue weighted by Gasteiger charge is 2.38. The van der Waals surface area contributed by atoms with E-state index in [1.165, 1.54) is 12.0 Å². The summed E-state index contributed by atoms with van der Waals surface area (Å²) in [5.41, 5.74) is 3.63. The Bertz CT molecular complexity index is 1020. The molecule has 188 valence electrons. The van der Waals surface area contributed by atoms with Crippen LogP contribution < -0.4 is 15.5 Å². The number of carbonyl (C=O) groups excluding carboxylic acids is 2. The third kappa shape index (κ3) is 6.10. The van der Waals surface area contributed by atoms with E-state index < -0.39 is 6.04 Å². The average Bonchev–Trinajstić information content (AvgIpc) is 3.37. The quantitative estimate of drug-likeness (QED) is 0.618. The van der Waals surface area contributed by atoms with Crippen LogP contribution in [0.3, 0.4) is 0 Å². The Balaban J connectivity index is 1.76. The molecule has 1 unspecified atom stereocenters. The van der Waals surface area contributed by atoms with E-state index in [4.69, 9.17) is 0 Å². The molecule has 4 rings (SSSR count). The molecule has 0 radical (unpaired) electrons. The second-order valence-corrected chi connectivity index (χ2v) is 11.2. The van der Waals surface area contributed by atoms with Crippen molar-refractivity contribution in [3.63, 3.8) is 0 Å². The van der Waals surface area contributed by atoms with Crippen LogP contribution in [0.25, 0.3) is 0 Å². The molecule has 6 heteroatoms. The number of hydrogen-bond donors (Lipinski definition) is 2. The van der Waals surface area contributed by atoms with Crippen molar-refractivity contribution in [2.24, 2.45) is 0 Å². The molecule has 6 nitrogen and oxygen atoms in total. The standard InChI is InChI=1S/C29H40N4O2/c1-20-17-21(19-30-18-20)26(27(34)32-23-9-6-5-7-10-23)33(28(35)25-11-8-16-31-25)24-14-12-22(13-15-24)29(2,3)4/h12-15,17-19,23,25-26,31H,5-11,16H2,1-4H3,(H,32,34)/t25-,26?/m1/s1. The van der Waals surface area contributed by atoms with Gasteiger partial charge in [0.15, 0.2) is 0 Å². The number of rotatable bonds is 6. The molecule has 2 N–H and O–H groups in total. The molecular formula is C29H40N4O2. The number of benzene rings is 1. The van der Waals surface area contributed by atoms with E-state index in [2.05, 4.69) is 48.5 Å². The highest BCUT2D eigenvalue weighted by Crippen LogP contribution is 2.32. The van der Waals surface area contributed by atoms with Gasteiger partial charge in [0.2, 0.25) is 11.8 Å². The van der Waals surface area contributed by atoms with Crippen LogP contribution in [0.1, 0.15) is 88.4 Å². The molecule has 1 saturated carbocycles. The van der Waals surface area contributed by atoms with Gasteiger partial charge in [0.1, 0.15) is 6.04 Å². The van der Waals surface area contributed by atoms with Crippen LogP contribution in [0, 0.1) is 6.92 Å². The van der Waals surface area contributed by atoms with Crippen molar-refractivity contribution >= 4 is 17.5 Å². The highest BCUT2D eigenvalue weighted by molar-refractivity contribution is 6.03. The van der Waals surface area contributed by atoms with Crippen LogP contribution >= 0.6 is 0 Å². The minimum Gasteiger partial charge on any atom is -0.351 e. The summed E-state index contributed by atoms with van der Waals surface area (Å²) < 4.78 is 0. The lowest BCUT2D eigenvalue weighted by atomic mass is 9.87. The van der Waals surface area contributed by atoms with E-state index in [0.29, 0.717) is 0 Å². The van der Waals surface area contributed by atoms with Crippen LogP contribution in [-0.4, -0.2) is 35.4 Å². The summed E-state index contributed by atoms with van der Waals surface area (Å²) in [6, 6.07) is 9.17. The Morgan fingerprint density at radius 1 is 1.03 bits per heavy atom. The third-order valence-electron chi connectivity index (χ3n) is 7.28. The summed E-state index contributed by atoms with van der Waals surface area (Å²) >= 11 is 0. The highest BCUT2D eigenvalue weighted by atomic mass is 16.2. The molecule has 2 atom stereocenters. The Morgan fingerprint density at radius 2 is 1.74 bits per heavy atom. The zero-order chi connectivity index (χ0) is 25.0. The van der Waals surface area contributed by atoms with Crippen molar-refractivity contribution in [3.8, 4) is 0 Å². The van der Waals surface area contributed by atoms with Crippen molar-refractivity contribution in [3.05, 3.63) is 59.4 Å². The normalized spacial score (nSPS) is 19.8. The third-order valence-corrected chi connectivity index (χ3v) is 7.28. The lowest BCUT2D eigenvalue weighted by Crippen LogP contribution is -2.51. The van der Waals surface area contributed by atoms with Gasteiger partial charge in [-0.2, -0.15) is 0 Å². The number of aryl methyl sites for hydroxylation is 1. The molecule has 1 aliphatic carbocycles. The Labute approximate surface area is 209 Å². The van der Waals surface area contributed by atoms with Crippen molar-refractivity contribution in [2.75, 3.05) is 11.4 Å². The minimum absolute atomic E-state index is 0.00139.